The molecular weight excluding hydrogens is 344 g/mol. The molecule has 0 spiro atoms. The highest BCUT2D eigenvalue weighted by molar-refractivity contribution is 7.94. The van der Waals surface area contributed by atoms with Gasteiger partial charge in [-0.3, -0.25) is 8.61 Å². The van der Waals surface area contributed by atoms with Gasteiger partial charge in [0.25, 0.3) is 10.0 Å². The van der Waals surface area contributed by atoms with Crippen LogP contribution < -0.4 is 8.61 Å². The van der Waals surface area contributed by atoms with E-state index in [1.165, 1.54) is 18.4 Å². The third-order valence-electron chi connectivity index (χ3n) is 3.18. The largest absolute Gasteiger partial charge is 0.274 e. The molecule has 0 amide bonds. The summed E-state index contributed by atoms with van der Waals surface area (Å²) in [7, 11) is -4.04. The van der Waals surface area contributed by atoms with Crippen LogP contribution in [0.5, 0.6) is 0 Å². The Kier molecular flexibility index (Phi) is 4.50. The third-order valence-corrected chi connectivity index (χ3v) is 7.55. The van der Waals surface area contributed by atoms with Crippen LogP contribution in [-0.2, 0) is 20.0 Å². The zero-order chi connectivity index (χ0) is 16.5. The Balaban J connectivity index is 2.32. The van der Waals surface area contributed by atoms with Gasteiger partial charge in [0.2, 0.25) is 10.0 Å². The lowest BCUT2D eigenvalue weighted by Gasteiger charge is -2.21. The van der Waals surface area contributed by atoms with E-state index < -0.39 is 20.0 Å². The molecule has 0 unspecified atom stereocenters. The first-order valence-electron chi connectivity index (χ1n) is 6.20. The van der Waals surface area contributed by atoms with Gasteiger partial charge in [-0.25, -0.2) is 16.8 Å². The van der Waals surface area contributed by atoms with Crippen molar-refractivity contribution in [2.24, 2.45) is 0 Å². The van der Waals surface area contributed by atoms with Crippen molar-refractivity contribution < 1.29 is 16.8 Å². The van der Waals surface area contributed by atoms with Crippen LogP contribution in [0.15, 0.2) is 46.0 Å². The zero-order valence-corrected chi connectivity index (χ0v) is 14.7. The number of hydrogen-bond donors (Lipinski definition) is 0. The van der Waals surface area contributed by atoms with Crippen LogP contribution in [0.4, 0.5) is 11.4 Å². The molecule has 0 saturated heterocycles. The van der Waals surface area contributed by atoms with Crippen LogP contribution in [0.1, 0.15) is 0 Å². The summed E-state index contributed by atoms with van der Waals surface area (Å²) >= 11 is 1.15. The van der Waals surface area contributed by atoms with Gasteiger partial charge in [-0.2, -0.15) is 0 Å². The molecule has 1 aromatic heterocycles. The Morgan fingerprint density at radius 3 is 1.77 bits per heavy atom. The highest BCUT2D eigenvalue weighted by Gasteiger charge is 2.22. The van der Waals surface area contributed by atoms with Gasteiger partial charge in [0.1, 0.15) is 4.21 Å². The summed E-state index contributed by atoms with van der Waals surface area (Å²) in [5.74, 6) is 0. The van der Waals surface area contributed by atoms with Crippen molar-refractivity contribution in [2.45, 2.75) is 4.21 Å². The second-order valence-corrected chi connectivity index (χ2v) is 9.81. The number of nitrogens with zero attached hydrogens (tertiary/aromatic N) is 2. The predicted octanol–water partition coefficient (Wildman–Crippen LogP) is 1.97. The van der Waals surface area contributed by atoms with Crippen LogP contribution >= 0.6 is 11.3 Å². The molecule has 0 aliphatic rings. The SMILES string of the molecule is CN(c1ccc(N(C)S(=O)(=O)c2cccs2)cc1)S(C)(=O)=O. The van der Waals surface area contributed by atoms with Crippen LogP contribution in [0, 0.1) is 0 Å². The summed E-state index contributed by atoms with van der Waals surface area (Å²) in [6.07, 6.45) is 1.11. The van der Waals surface area contributed by atoms with Crippen molar-refractivity contribution in [2.75, 3.05) is 29.0 Å². The Bertz CT molecular complexity index is 841. The maximum absolute atomic E-state index is 12.4. The molecule has 0 fully saturated rings. The molecule has 22 heavy (non-hydrogen) atoms. The van der Waals surface area contributed by atoms with E-state index in [0.29, 0.717) is 11.4 Å². The van der Waals surface area contributed by atoms with Gasteiger partial charge in [0.05, 0.1) is 17.6 Å². The molecule has 0 radical (unpaired) electrons. The summed E-state index contributed by atoms with van der Waals surface area (Å²) in [6, 6.07) is 9.50. The van der Waals surface area contributed by atoms with Gasteiger partial charge in [0.15, 0.2) is 0 Å². The standard InChI is InChI=1S/C13H16N2O4S3/c1-14(21(3,16)17)11-6-8-12(9-7-11)15(2)22(18,19)13-5-4-10-20-13/h4-10H,1-3H3. The number of hydrogen-bond acceptors (Lipinski definition) is 5. The lowest BCUT2D eigenvalue weighted by molar-refractivity contribution is 0.595. The summed E-state index contributed by atoms with van der Waals surface area (Å²) < 4.78 is 50.3. The van der Waals surface area contributed by atoms with Gasteiger partial charge >= 0.3 is 0 Å². The van der Waals surface area contributed by atoms with E-state index in [1.54, 1.807) is 41.8 Å². The van der Waals surface area contributed by atoms with Gasteiger partial charge < -0.3 is 0 Å². The van der Waals surface area contributed by atoms with Gasteiger partial charge in [-0.1, -0.05) is 6.07 Å². The van der Waals surface area contributed by atoms with Crippen molar-refractivity contribution in [1.29, 1.82) is 0 Å². The molecular formula is C13H16N2O4S3. The number of sulfonamides is 2. The quantitative estimate of drug-likeness (QED) is 0.817. The maximum Gasteiger partial charge on any atom is 0.273 e. The van der Waals surface area contributed by atoms with Crippen LogP contribution in [0.25, 0.3) is 0 Å². The molecule has 0 N–H and O–H groups in total. The van der Waals surface area contributed by atoms with Crippen LogP contribution in [0.2, 0.25) is 0 Å². The second kappa shape index (κ2) is 5.90. The molecule has 0 aliphatic carbocycles. The van der Waals surface area contributed by atoms with Gasteiger partial charge in [0, 0.05) is 14.1 Å². The molecule has 120 valence electrons. The minimum absolute atomic E-state index is 0.257. The highest BCUT2D eigenvalue weighted by atomic mass is 32.2. The minimum Gasteiger partial charge on any atom is -0.274 e. The first-order valence-corrected chi connectivity index (χ1v) is 10.4. The van der Waals surface area contributed by atoms with Crippen molar-refractivity contribution in [3.63, 3.8) is 0 Å². The Labute approximate surface area is 134 Å². The first-order chi connectivity index (χ1) is 10.1. The fourth-order valence-electron chi connectivity index (χ4n) is 1.75. The molecule has 0 bridgehead atoms. The van der Waals surface area contributed by atoms with E-state index >= 15 is 0 Å². The number of thiophene rings is 1. The summed E-state index contributed by atoms with van der Waals surface area (Å²) in [6.45, 7) is 0. The Morgan fingerprint density at radius 1 is 0.864 bits per heavy atom. The minimum atomic E-state index is -3.59. The average Bonchev–Trinajstić information content (AvgIpc) is 3.00. The predicted molar refractivity (Wildman–Crippen MR) is 89.6 cm³/mol. The van der Waals surface area contributed by atoms with Crippen LogP contribution in [0.3, 0.4) is 0 Å². The van der Waals surface area contributed by atoms with Crippen molar-refractivity contribution in [3.05, 3.63) is 41.8 Å². The molecule has 2 rings (SSSR count). The molecule has 6 nitrogen and oxygen atoms in total. The van der Waals surface area contributed by atoms with Gasteiger partial charge in [-0.05, 0) is 35.7 Å². The summed E-state index contributed by atoms with van der Waals surface area (Å²) in [5, 5.41) is 1.70. The van der Waals surface area contributed by atoms with Crippen molar-refractivity contribution in [1.82, 2.24) is 0 Å². The fourth-order valence-corrected chi connectivity index (χ4v) is 4.61. The molecule has 0 aliphatic heterocycles. The molecule has 1 aromatic carbocycles. The van der Waals surface area contributed by atoms with E-state index in [0.717, 1.165) is 21.9 Å². The lowest BCUT2D eigenvalue weighted by Crippen LogP contribution is -2.26. The monoisotopic (exact) mass is 360 g/mol. The van der Waals surface area contributed by atoms with Crippen molar-refractivity contribution >= 4 is 42.8 Å². The molecule has 9 heteroatoms. The van der Waals surface area contributed by atoms with E-state index in [2.05, 4.69) is 0 Å². The molecule has 2 aromatic rings. The van der Waals surface area contributed by atoms with Crippen molar-refractivity contribution in [3.8, 4) is 0 Å². The number of benzene rings is 1. The normalized spacial score (nSPS) is 12.1. The van der Waals surface area contributed by atoms with Crippen LogP contribution in [-0.4, -0.2) is 37.2 Å². The Morgan fingerprint density at radius 2 is 1.36 bits per heavy atom. The summed E-state index contributed by atoms with van der Waals surface area (Å²) in [5.41, 5.74) is 0.923. The molecule has 0 saturated carbocycles. The fraction of sp³-hybridized carbons (Fsp3) is 0.231. The smallest absolute Gasteiger partial charge is 0.273 e. The molecule has 1 heterocycles. The second-order valence-electron chi connectivity index (χ2n) is 4.65. The van der Waals surface area contributed by atoms with Gasteiger partial charge in [-0.15, -0.1) is 11.3 Å². The van der Waals surface area contributed by atoms with E-state index in [4.69, 9.17) is 0 Å². The zero-order valence-electron chi connectivity index (χ0n) is 12.3. The topological polar surface area (TPSA) is 74.8 Å². The van der Waals surface area contributed by atoms with E-state index in [9.17, 15) is 16.8 Å². The third kappa shape index (κ3) is 3.26. The van der Waals surface area contributed by atoms with E-state index in [-0.39, 0.29) is 4.21 Å². The average molecular weight is 360 g/mol. The summed E-state index contributed by atoms with van der Waals surface area (Å²) in [4.78, 5) is 0. The Hall–Kier alpha value is -1.58. The highest BCUT2D eigenvalue weighted by Crippen LogP contribution is 2.27. The lowest BCUT2D eigenvalue weighted by atomic mass is 10.3. The molecule has 0 atom stereocenters. The first kappa shape index (κ1) is 16.8. The van der Waals surface area contributed by atoms with E-state index in [1.807, 2.05) is 0 Å². The number of rotatable bonds is 5. The maximum atomic E-state index is 12.4. The number of anilines is 2.